The number of nitrogens with zero attached hydrogens (tertiary/aromatic N) is 3. The van der Waals surface area contributed by atoms with E-state index in [0.29, 0.717) is 6.42 Å². The number of hydrogen-bond donors (Lipinski definition) is 2. The minimum Gasteiger partial charge on any atom is -0.477 e. The van der Waals surface area contributed by atoms with Crippen LogP contribution in [-0.4, -0.2) is 26.6 Å². The molecule has 0 heterocycles. The van der Waals surface area contributed by atoms with Crippen molar-refractivity contribution in [2.75, 3.05) is 5.43 Å². The Morgan fingerprint density at radius 3 is 2.45 bits per heavy atom. The van der Waals surface area contributed by atoms with Gasteiger partial charge in [-0.15, -0.1) is 0 Å². The lowest BCUT2D eigenvalue weighted by Gasteiger charge is -2.09. The summed E-state index contributed by atoms with van der Waals surface area (Å²) in [6.07, 6.45) is 0.523. The molecule has 0 aliphatic carbocycles. The molecule has 0 fully saturated rings. The molecule has 0 saturated heterocycles. The van der Waals surface area contributed by atoms with Crippen molar-refractivity contribution in [2.45, 2.75) is 20.3 Å². The highest BCUT2D eigenvalue weighted by Crippen LogP contribution is 2.29. The zero-order chi connectivity index (χ0) is 16.9. The van der Waals surface area contributed by atoms with Crippen molar-refractivity contribution in [1.29, 1.82) is 0 Å². The Morgan fingerprint density at radius 2 is 2.00 bits per heavy atom. The van der Waals surface area contributed by atoms with Crippen molar-refractivity contribution < 1.29 is 19.7 Å². The normalized spacial score (nSPS) is 12.5. The third-order valence-electron chi connectivity index (χ3n) is 2.98. The first-order chi connectivity index (χ1) is 10.3. The van der Waals surface area contributed by atoms with Crippen LogP contribution in [0.5, 0.6) is 0 Å². The SMILES string of the molecule is CCC(C)C(=NNc1ccc([N+](=O)[O-])cc1[N+](=O)[O-])C(=O)O. The molecule has 1 rings (SSSR count). The second-order valence-electron chi connectivity index (χ2n) is 4.44. The molecule has 10 heteroatoms. The molecule has 0 bridgehead atoms. The molecule has 0 radical (unpaired) electrons. The molecular weight excluding hydrogens is 296 g/mol. The third kappa shape index (κ3) is 3.98. The van der Waals surface area contributed by atoms with E-state index in [0.717, 1.165) is 18.2 Å². The first kappa shape index (κ1) is 17.0. The van der Waals surface area contributed by atoms with Crippen LogP contribution in [0.3, 0.4) is 0 Å². The first-order valence-electron chi connectivity index (χ1n) is 6.27. The number of hydrogen-bond acceptors (Lipinski definition) is 7. The molecule has 0 aliphatic heterocycles. The summed E-state index contributed by atoms with van der Waals surface area (Å²) in [6.45, 7) is 3.43. The molecular formula is C12H14N4O6. The van der Waals surface area contributed by atoms with Gasteiger partial charge in [0.1, 0.15) is 11.4 Å². The molecule has 1 unspecified atom stereocenters. The Morgan fingerprint density at radius 1 is 1.36 bits per heavy atom. The van der Waals surface area contributed by atoms with E-state index >= 15 is 0 Å². The van der Waals surface area contributed by atoms with Gasteiger partial charge < -0.3 is 5.11 Å². The van der Waals surface area contributed by atoms with Gasteiger partial charge in [-0.1, -0.05) is 13.8 Å². The fraction of sp³-hybridized carbons (Fsp3) is 0.333. The number of nitrogens with one attached hydrogen (secondary N) is 1. The molecule has 1 atom stereocenters. The number of carbonyl (C=O) groups is 1. The van der Waals surface area contributed by atoms with Crippen LogP contribution in [0.4, 0.5) is 17.1 Å². The lowest BCUT2D eigenvalue weighted by atomic mass is 10.0. The van der Waals surface area contributed by atoms with Crippen LogP contribution in [0.25, 0.3) is 0 Å². The average molecular weight is 310 g/mol. The van der Waals surface area contributed by atoms with E-state index in [1.54, 1.807) is 13.8 Å². The van der Waals surface area contributed by atoms with Crippen molar-refractivity contribution in [1.82, 2.24) is 0 Å². The smallest absolute Gasteiger partial charge is 0.352 e. The third-order valence-corrected chi connectivity index (χ3v) is 2.98. The van der Waals surface area contributed by atoms with Gasteiger partial charge >= 0.3 is 11.7 Å². The Bertz CT molecular complexity index is 643. The Labute approximate surface area is 124 Å². The molecule has 1 aromatic carbocycles. The number of benzene rings is 1. The number of nitro groups is 2. The van der Waals surface area contributed by atoms with Crippen molar-refractivity contribution in [2.24, 2.45) is 11.0 Å². The highest BCUT2D eigenvalue weighted by Gasteiger charge is 2.21. The molecule has 118 valence electrons. The van der Waals surface area contributed by atoms with E-state index in [1.165, 1.54) is 0 Å². The van der Waals surface area contributed by atoms with Crippen LogP contribution < -0.4 is 5.43 Å². The molecule has 0 amide bonds. The van der Waals surface area contributed by atoms with Gasteiger partial charge in [-0.3, -0.25) is 25.7 Å². The van der Waals surface area contributed by atoms with Gasteiger partial charge in [-0.2, -0.15) is 5.10 Å². The molecule has 0 spiro atoms. The summed E-state index contributed by atoms with van der Waals surface area (Å²) >= 11 is 0. The molecule has 0 saturated carbocycles. The molecule has 10 nitrogen and oxygen atoms in total. The number of nitro benzene ring substituents is 2. The van der Waals surface area contributed by atoms with Gasteiger partial charge in [0.2, 0.25) is 0 Å². The highest BCUT2D eigenvalue weighted by atomic mass is 16.6. The number of carboxylic acids is 1. The van der Waals surface area contributed by atoms with Crippen LogP contribution in [0, 0.1) is 26.1 Å². The van der Waals surface area contributed by atoms with Crippen LogP contribution >= 0.6 is 0 Å². The predicted octanol–water partition coefficient (Wildman–Crippen LogP) is 2.40. The largest absolute Gasteiger partial charge is 0.477 e. The van der Waals surface area contributed by atoms with Gasteiger partial charge in [0.15, 0.2) is 0 Å². The van der Waals surface area contributed by atoms with E-state index in [4.69, 9.17) is 5.11 Å². The summed E-state index contributed by atoms with van der Waals surface area (Å²) < 4.78 is 0. The fourth-order valence-corrected chi connectivity index (χ4v) is 1.56. The predicted molar refractivity (Wildman–Crippen MR) is 77.9 cm³/mol. The van der Waals surface area contributed by atoms with Crippen molar-refractivity contribution in [3.63, 3.8) is 0 Å². The zero-order valence-electron chi connectivity index (χ0n) is 11.8. The Kier molecular flexibility index (Phi) is 5.50. The summed E-state index contributed by atoms with van der Waals surface area (Å²) in [4.78, 5) is 31.1. The van der Waals surface area contributed by atoms with Crippen molar-refractivity contribution >= 4 is 28.7 Å². The number of anilines is 1. The summed E-state index contributed by atoms with van der Waals surface area (Å²) in [5.41, 5.74) is 0.982. The fourth-order valence-electron chi connectivity index (χ4n) is 1.56. The monoisotopic (exact) mass is 310 g/mol. The molecule has 0 aromatic heterocycles. The van der Waals surface area contributed by atoms with Crippen LogP contribution in [0.2, 0.25) is 0 Å². The molecule has 0 aliphatic rings. The average Bonchev–Trinajstić information content (AvgIpc) is 2.46. The first-order valence-corrected chi connectivity index (χ1v) is 6.27. The maximum absolute atomic E-state index is 11.1. The number of hydrazone groups is 1. The second-order valence-corrected chi connectivity index (χ2v) is 4.44. The van der Waals surface area contributed by atoms with E-state index < -0.39 is 27.2 Å². The van der Waals surface area contributed by atoms with E-state index in [9.17, 15) is 25.0 Å². The Balaban J connectivity index is 3.19. The standard InChI is InChI=1S/C12H14N4O6/c1-3-7(2)11(12(17)18)14-13-9-5-4-8(15(19)20)6-10(9)16(21)22/h4-7,13H,3H2,1-2H3,(H,17,18). The van der Waals surface area contributed by atoms with Crippen molar-refractivity contribution in [3.05, 3.63) is 38.4 Å². The minimum atomic E-state index is -1.24. The van der Waals surface area contributed by atoms with Gasteiger partial charge in [0, 0.05) is 12.0 Å². The maximum atomic E-state index is 11.1. The van der Waals surface area contributed by atoms with E-state index in [2.05, 4.69) is 10.5 Å². The quantitative estimate of drug-likeness (QED) is 0.446. The van der Waals surface area contributed by atoms with E-state index in [-0.39, 0.29) is 17.3 Å². The van der Waals surface area contributed by atoms with Gasteiger partial charge in [0.05, 0.1) is 15.9 Å². The number of rotatable bonds is 7. The summed E-state index contributed by atoms with van der Waals surface area (Å²) in [6, 6.07) is 2.95. The summed E-state index contributed by atoms with van der Waals surface area (Å²) in [5, 5.41) is 34.3. The van der Waals surface area contributed by atoms with Crippen LogP contribution in [-0.2, 0) is 4.79 Å². The summed E-state index contributed by atoms with van der Waals surface area (Å²) in [5.74, 6) is -1.60. The lowest BCUT2D eigenvalue weighted by molar-refractivity contribution is -0.393. The molecule has 2 N–H and O–H groups in total. The Hall–Kier alpha value is -3.04. The second kappa shape index (κ2) is 7.11. The number of carboxylic acid groups (broad SMARTS) is 1. The van der Waals surface area contributed by atoms with Crippen molar-refractivity contribution in [3.8, 4) is 0 Å². The van der Waals surface area contributed by atoms with Gasteiger partial charge in [-0.05, 0) is 12.5 Å². The maximum Gasteiger partial charge on any atom is 0.352 e. The van der Waals surface area contributed by atoms with Gasteiger partial charge in [0.25, 0.3) is 5.69 Å². The minimum absolute atomic E-state index is 0.127. The summed E-state index contributed by atoms with van der Waals surface area (Å²) in [7, 11) is 0. The zero-order valence-corrected chi connectivity index (χ0v) is 11.8. The molecule has 22 heavy (non-hydrogen) atoms. The van der Waals surface area contributed by atoms with Crippen LogP contribution in [0.15, 0.2) is 23.3 Å². The number of non-ortho nitro benzene ring substituents is 1. The number of aliphatic carboxylic acids is 1. The van der Waals surface area contributed by atoms with E-state index in [1.807, 2.05) is 0 Å². The topological polar surface area (TPSA) is 148 Å². The van der Waals surface area contributed by atoms with Crippen LogP contribution in [0.1, 0.15) is 20.3 Å². The highest BCUT2D eigenvalue weighted by molar-refractivity contribution is 6.36. The molecule has 1 aromatic rings. The van der Waals surface area contributed by atoms with Gasteiger partial charge in [-0.25, -0.2) is 4.79 Å². The lowest BCUT2D eigenvalue weighted by Crippen LogP contribution is -2.22.